The lowest BCUT2D eigenvalue weighted by atomic mass is 10.3. The molecule has 2 aromatic rings. The van der Waals surface area contributed by atoms with E-state index in [1.54, 1.807) is 30.5 Å². The van der Waals surface area contributed by atoms with Gasteiger partial charge in [0.05, 0.1) is 18.4 Å². The molecule has 106 valence electrons. The van der Waals surface area contributed by atoms with Crippen LogP contribution in [0.2, 0.25) is 0 Å². The minimum Gasteiger partial charge on any atom is -0.399 e. The van der Waals surface area contributed by atoms with Crippen molar-refractivity contribution in [2.45, 2.75) is 6.10 Å². The molecule has 1 heterocycles. The molecule has 2 rings (SSSR count). The van der Waals surface area contributed by atoms with Gasteiger partial charge in [-0.15, -0.1) is 0 Å². The van der Waals surface area contributed by atoms with Crippen molar-refractivity contribution in [2.75, 3.05) is 18.9 Å². The Morgan fingerprint density at radius 3 is 2.95 bits per heavy atom. The second-order valence-corrected chi connectivity index (χ2v) is 4.29. The number of hydrogen-bond acceptors (Lipinski definition) is 5. The van der Waals surface area contributed by atoms with E-state index in [0.29, 0.717) is 5.69 Å². The number of hydrogen-bond donors (Lipinski definition) is 4. The highest BCUT2D eigenvalue weighted by molar-refractivity contribution is 5.92. The highest BCUT2D eigenvalue weighted by Gasteiger charge is 2.11. The molecule has 0 aliphatic rings. The van der Waals surface area contributed by atoms with Crippen LogP contribution in [0.25, 0.3) is 5.69 Å². The van der Waals surface area contributed by atoms with Gasteiger partial charge < -0.3 is 21.3 Å². The zero-order valence-corrected chi connectivity index (χ0v) is 10.7. The molecule has 5 N–H and O–H groups in total. The van der Waals surface area contributed by atoms with Gasteiger partial charge >= 0.3 is 0 Å². The van der Waals surface area contributed by atoms with Crippen LogP contribution < -0.4 is 11.1 Å². The molecule has 1 amide bonds. The molecule has 0 aliphatic carbocycles. The van der Waals surface area contributed by atoms with Gasteiger partial charge in [0.15, 0.2) is 5.69 Å². The van der Waals surface area contributed by atoms with E-state index in [0.717, 1.165) is 5.69 Å². The number of carbonyl (C=O) groups is 1. The van der Waals surface area contributed by atoms with E-state index in [1.807, 2.05) is 6.07 Å². The summed E-state index contributed by atoms with van der Waals surface area (Å²) in [7, 11) is 0. The van der Waals surface area contributed by atoms with Crippen LogP contribution in [0, 0.1) is 0 Å². The van der Waals surface area contributed by atoms with Crippen LogP contribution in [0.5, 0.6) is 0 Å². The number of carbonyl (C=O) groups excluding carboxylic acids is 1. The molecular weight excluding hydrogens is 260 g/mol. The van der Waals surface area contributed by atoms with E-state index < -0.39 is 18.6 Å². The molecule has 1 aromatic heterocycles. The van der Waals surface area contributed by atoms with Gasteiger partial charge in [0.25, 0.3) is 5.91 Å². The van der Waals surface area contributed by atoms with Crippen molar-refractivity contribution in [3.05, 3.63) is 42.2 Å². The Bertz CT molecular complexity index is 597. The number of aliphatic hydroxyl groups excluding tert-OH is 2. The number of aromatic nitrogens is 2. The Morgan fingerprint density at radius 2 is 2.25 bits per heavy atom. The highest BCUT2D eigenvalue weighted by Crippen LogP contribution is 2.11. The second kappa shape index (κ2) is 6.18. The molecule has 7 heteroatoms. The van der Waals surface area contributed by atoms with Crippen molar-refractivity contribution in [1.29, 1.82) is 0 Å². The lowest BCUT2D eigenvalue weighted by molar-refractivity contribution is 0.0798. The maximum Gasteiger partial charge on any atom is 0.271 e. The number of nitrogens with two attached hydrogens (primary N) is 1. The minimum atomic E-state index is -0.977. The van der Waals surface area contributed by atoms with Crippen LogP contribution in [0.3, 0.4) is 0 Å². The topological polar surface area (TPSA) is 113 Å². The van der Waals surface area contributed by atoms with Crippen LogP contribution in [-0.4, -0.2) is 45.2 Å². The van der Waals surface area contributed by atoms with E-state index in [4.69, 9.17) is 15.9 Å². The second-order valence-electron chi connectivity index (χ2n) is 4.29. The third kappa shape index (κ3) is 3.34. The number of nitrogens with one attached hydrogen (secondary N) is 1. The molecule has 20 heavy (non-hydrogen) atoms. The third-order valence-corrected chi connectivity index (χ3v) is 2.67. The fraction of sp³-hybridized carbons (Fsp3) is 0.231. The molecule has 1 atom stereocenters. The summed E-state index contributed by atoms with van der Waals surface area (Å²) in [5, 5.41) is 24.4. The molecule has 0 fully saturated rings. The van der Waals surface area contributed by atoms with Gasteiger partial charge in [-0.3, -0.25) is 4.79 Å². The number of benzene rings is 1. The van der Waals surface area contributed by atoms with Crippen molar-refractivity contribution >= 4 is 11.6 Å². The maximum absolute atomic E-state index is 11.8. The monoisotopic (exact) mass is 276 g/mol. The van der Waals surface area contributed by atoms with Gasteiger partial charge in [-0.25, -0.2) is 4.68 Å². The zero-order valence-electron chi connectivity index (χ0n) is 10.7. The first-order chi connectivity index (χ1) is 9.60. The average Bonchev–Trinajstić information content (AvgIpc) is 2.94. The summed E-state index contributed by atoms with van der Waals surface area (Å²) < 4.78 is 1.54. The van der Waals surface area contributed by atoms with Crippen molar-refractivity contribution in [3.8, 4) is 5.69 Å². The van der Waals surface area contributed by atoms with Gasteiger partial charge in [-0.05, 0) is 24.3 Å². The van der Waals surface area contributed by atoms with Crippen LogP contribution in [0.1, 0.15) is 10.5 Å². The van der Waals surface area contributed by atoms with Crippen molar-refractivity contribution < 1.29 is 15.0 Å². The first kappa shape index (κ1) is 14.0. The number of nitrogen functional groups attached to an aromatic ring is 1. The molecule has 0 radical (unpaired) electrons. The third-order valence-electron chi connectivity index (χ3n) is 2.67. The first-order valence-electron chi connectivity index (χ1n) is 6.09. The molecule has 0 spiro atoms. The van der Waals surface area contributed by atoms with Crippen LogP contribution >= 0.6 is 0 Å². The fourth-order valence-electron chi connectivity index (χ4n) is 1.62. The van der Waals surface area contributed by atoms with E-state index >= 15 is 0 Å². The van der Waals surface area contributed by atoms with Gasteiger partial charge in [-0.1, -0.05) is 6.07 Å². The molecule has 0 saturated heterocycles. The summed E-state index contributed by atoms with van der Waals surface area (Å²) in [6.45, 7) is -0.432. The van der Waals surface area contributed by atoms with Crippen molar-refractivity contribution in [1.82, 2.24) is 15.1 Å². The van der Waals surface area contributed by atoms with Gasteiger partial charge in [0, 0.05) is 18.4 Å². The Balaban J connectivity index is 2.07. The van der Waals surface area contributed by atoms with Gasteiger partial charge in [-0.2, -0.15) is 5.10 Å². The van der Waals surface area contributed by atoms with Crippen molar-refractivity contribution in [3.63, 3.8) is 0 Å². The van der Waals surface area contributed by atoms with Crippen LogP contribution in [0.4, 0.5) is 5.69 Å². The quantitative estimate of drug-likeness (QED) is 0.552. The predicted octanol–water partition coefficient (Wildman–Crippen LogP) is -0.463. The first-order valence-corrected chi connectivity index (χ1v) is 6.09. The number of amides is 1. The number of anilines is 1. The maximum atomic E-state index is 11.8. The van der Waals surface area contributed by atoms with Gasteiger partial charge in [0.2, 0.25) is 0 Å². The molecule has 1 unspecified atom stereocenters. The molecular formula is C13H16N4O3. The molecule has 7 nitrogen and oxygen atoms in total. The lowest BCUT2D eigenvalue weighted by Gasteiger charge is -2.07. The summed E-state index contributed by atoms with van der Waals surface area (Å²) in [6, 6.07) is 8.68. The van der Waals surface area contributed by atoms with Crippen molar-refractivity contribution in [2.24, 2.45) is 0 Å². The van der Waals surface area contributed by atoms with E-state index in [9.17, 15) is 4.79 Å². The standard InChI is InChI=1S/C13H16N4O3/c14-9-2-1-3-10(6-9)17-5-4-12(16-17)13(20)15-7-11(19)8-18/h1-6,11,18-19H,7-8,14H2,(H,15,20). The normalized spacial score (nSPS) is 12.1. The van der Waals surface area contributed by atoms with Crippen LogP contribution in [-0.2, 0) is 0 Å². The molecule has 0 aliphatic heterocycles. The summed E-state index contributed by atoms with van der Waals surface area (Å²) in [4.78, 5) is 11.8. The Labute approximate surface area is 115 Å². The lowest BCUT2D eigenvalue weighted by Crippen LogP contribution is -2.34. The van der Waals surface area contributed by atoms with E-state index in [2.05, 4.69) is 10.4 Å². The van der Waals surface area contributed by atoms with E-state index in [-0.39, 0.29) is 12.2 Å². The summed E-state index contributed by atoms with van der Waals surface area (Å²) >= 11 is 0. The van der Waals surface area contributed by atoms with Crippen LogP contribution in [0.15, 0.2) is 36.5 Å². The largest absolute Gasteiger partial charge is 0.399 e. The smallest absolute Gasteiger partial charge is 0.271 e. The Kier molecular flexibility index (Phi) is 4.34. The number of nitrogens with zero attached hydrogens (tertiary/aromatic N) is 2. The SMILES string of the molecule is Nc1cccc(-n2ccc(C(=O)NCC(O)CO)n2)c1. The van der Waals surface area contributed by atoms with E-state index in [1.165, 1.54) is 4.68 Å². The number of rotatable bonds is 5. The zero-order chi connectivity index (χ0) is 14.5. The average molecular weight is 276 g/mol. The summed E-state index contributed by atoms with van der Waals surface area (Å²) in [5.74, 6) is -0.417. The molecule has 0 bridgehead atoms. The number of aliphatic hydroxyl groups is 2. The Hall–Kier alpha value is -2.38. The predicted molar refractivity (Wildman–Crippen MR) is 73.4 cm³/mol. The fourth-order valence-corrected chi connectivity index (χ4v) is 1.62. The highest BCUT2D eigenvalue weighted by atomic mass is 16.3. The molecule has 1 aromatic carbocycles. The Morgan fingerprint density at radius 1 is 1.45 bits per heavy atom. The minimum absolute atomic E-state index is 0.0273. The summed E-state index contributed by atoms with van der Waals surface area (Å²) in [6.07, 6.45) is 0.668. The van der Waals surface area contributed by atoms with Gasteiger partial charge in [0.1, 0.15) is 0 Å². The summed E-state index contributed by atoms with van der Waals surface area (Å²) in [5.41, 5.74) is 7.26. The molecule has 0 saturated carbocycles.